The lowest BCUT2D eigenvalue weighted by molar-refractivity contribution is -0.140. The van der Waals surface area contributed by atoms with E-state index in [1.165, 1.54) is 6.42 Å². The molecule has 0 radical (unpaired) electrons. The van der Waals surface area contributed by atoms with Crippen molar-refractivity contribution in [3.63, 3.8) is 0 Å². The number of thiazole rings is 1. The van der Waals surface area contributed by atoms with Crippen molar-refractivity contribution in [3.8, 4) is 11.1 Å². The van der Waals surface area contributed by atoms with Crippen molar-refractivity contribution in [2.45, 2.75) is 77.3 Å². The van der Waals surface area contributed by atoms with Gasteiger partial charge < -0.3 is 10.2 Å². The van der Waals surface area contributed by atoms with Gasteiger partial charge in [-0.1, -0.05) is 74.8 Å². The molecule has 6 nitrogen and oxygen atoms in total. The van der Waals surface area contributed by atoms with Gasteiger partial charge in [0.2, 0.25) is 11.8 Å². The van der Waals surface area contributed by atoms with Crippen molar-refractivity contribution in [3.05, 3.63) is 47.6 Å². The van der Waals surface area contributed by atoms with Crippen LogP contribution in [0, 0.1) is 11.8 Å². The van der Waals surface area contributed by atoms with Crippen LogP contribution in [0.2, 0.25) is 0 Å². The van der Waals surface area contributed by atoms with Crippen LogP contribution in [0.3, 0.4) is 0 Å². The first-order valence-corrected chi connectivity index (χ1v) is 14.3. The summed E-state index contributed by atoms with van der Waals surface area (Å²) in [6.07, 6.45) is 9.92. The van der Waals surface area contributed by atoms with Gasteiger partial charge in [0.15, 0.2) is 0 Å². The summed E-state index contributed by atoms with van der Waals surface area (Å²) in [5.41, 5.74) is 3.09. The highest BCUT2D eigenvalue weighted by Crippen LogP contribution is 2.39. The SMILES string of the molecule is CC[C@@H](C)C(=O)N[C@H](C(=O)N1CCC[C@H]1c1nc2c(-c3ccccc3)ccnc2s1)C1CCCCC1. The molecule has 1 aliphatic carbocycles. The van der Waals surface area contributed by atoms with Gasteiger partial charge in [0.05, 0.1) is 6.04 Å². The smallest absolute Gasteiger partial charge is 0.246 e. The number of carbonyl (C=O) groups is 2. The van der Waals surface area contributed by atoms with E-state index >= 15 is 0 Å². The topological polar surface area (TPSA) is 75.2 Å². The second-order valence-electron chi connectivity index (χ2n) is 10.3. The number of amides is 2. The van der Waals surface area contributed by atoms with E-state index in [2.05, 4.69) is 22.4 Å². The molecule has 2 fully saturated rings. The van der Waals surface area contributed by atoms with Gasteiger partial charge in [-0.15, -0.1) is 0 Å². The van der Waals surface area contributed by atoms with Crippen molar-refractivity contribution in [2.24, 2.45) is 11.8 Å². The largest absolute Gasteiger partial charge is 0.344 e. The maximum Gasteiger partial charge on any atom is 0.246 e. The molecule has 2 aliphatic rings. The molecule has 3 heterocycles. The highest BCUT2D eigenvalue weighted by molar-refractivity contribution is 7.18. The fourth-order valence-corrected chi connectivity index (χ4v) is 6.72. The van der Waals surface area contributed by atoms with Gasteiger partial charge in [-0.25, -0.2) is 9.97 Å². The van der Waals surface area contributed by atoms with Gasteiger partial charge in [0.1, 0.15) is 21.4 Å². The molecule has 1 N–H and O–H groups in total. The molecule has 3 atom stereocenters. The highest BCUT2D eigenvalue weighted by Gasteiger charge is 2.40. The highest BCUT2D eigenvalue weighted by atomic mass is 32.1. The van der Waals surface area contributed by atoms with Gasteiger partial charge in [-0.05, 0) is 49.7 Å². The molecule has 1 saturated carbocycles. The number of hydrogen-bond donors (Lipinski definition) is 1. The maximum absolute atomic E-state index is 14.1. The van der Waals surface area contributed by atoms with Crippen LogP contribution in [0.4, 0.5) is 0 Å². The Labute approximate surface area is 217 Å². The van der Waals surface area contributed by atoms with Crippen molar-refractivity contribution in [1.29, 1.82) is 0 Å². The third kappa shape index (κ3) is 5.03. The van der Waals surface area contributed by atoms with E-state index < -0.39 is 6.04 Å². The molecule has 0 spiro atoms. The number of carbonyl (C=O) groups excluding carboxylic acids is 2. The first-order chi connectivity index (χ1) is 17.6. The molecule has 2 aromatic heterocycles. The number of likely N-dealkylation sites (tertiary alicyclic amines) is 1. The van der Waals surface area contributed by atoms with Crippen LogP contribution in [0.25, 0.3) is 21.5 Å². The van der Waals surface area contributed by atoms with Crippen molar-refractivity contribution in [1.82, 2.24) is 20.2 Å². The zero-order valence-electron chi connectivity index (χ0n) is 21.3. The molecular weight excluding hydrogens is 468 g/mol. The van der Waals surface area contributed by atoms with Gasteiger partial charge in [0, 0.05) is 24.2 Å². The summed E-state index contributed by atoms with van der Waals surface area (Å²) in [6, 6.07) is 11.8. The zero-order valence-corrected chi connectivity index (χ0v) is 22.1. The number of hydrogen-bond acceptors (Lipinski definition) is 5. The second kappa shape index (κ2) is 11.1. The number of rotatable bonds is 7. The molecule has 1 aliphatic heterocycles. The Hall–Kier alpha value is -2.80. The van der Waals surface area contributed by atoms with Crippen LogP contribution in [0.15, 0.2) is 42.6 Å². The van der Waals surface area contributed by atoms with Gasteiger partial charge >= 0.3 is 0 Å². The number of fused-ring (bicyclic) bond motifs is 1. The van der Waals surface area contributed by atoms with Gasteiger partial charge in [-0.2, -0.15) is 0 Å². The van der Waals surface area contributed by atoms with Crippen LogP contribution in [-0.2, 0) is 9.59 Å². The van der Waals surface area contributed by atoms with E-state index in [4.69, 9.17) is 4.98 Å². The lowest BCUT2D eigenvalue weighted by atomic mass is 9.83. The summed E-state index contributed by atoms with van der Waals surface area (Å²) >= 11 is 1.59. The number of aromatic nitrogens is 2. The van der Waals surface area contributed by atoms with Crippen LogP contribution in [0.5, 0.6) is 0 Å². The number of benzene rings is 1. The summed E-state index contributed by atoms with van der Waals surface area (Å²) in [5.74, 6) is 0.178. The van der Waals surface area contributed by atoms with E-state index in [0.717, 1.165) is 71.4 Å². The Kier molecular flexibility index (Phi) is 7.65. The number of pyridine rings is 1. The molecular formula is C29H36N4O2S. The predicted octanol–water partition coefficient (Wildman–Crippen LogP) is 6.13. The summed E-state index contributed by atoms with van der Waals surface area (Å²) < 4.78 is 0. The Morgan fingerprint density at radius 3 is 2.61 bits per heavy atom. The Morgan fingerprint density at radius 1 is 1.08 bits per heavy atom. The molecule has 36 heavy (non-hydrogen) atoms. The molecule has 0 unspecified atom stereocenters. The summed E-state index contributed by atoms with van der Waals surface area (Å²) in [5, 5.41) is 4.13. The third-order valence-electron chi connectivity index (χ3n) is 7.96. The molecule has 5 rings (SSSR count). The van der Waals surface area contributed by atoms with E-state index in [1.807, 2.05) is 49.2 Å². The Morgan fingerprint density at radius 2 is 1.86 bits per heavy atom. The average Bonchev–Trinajstić information content (AvgIpc) is 3.59. The number of nitrogens with one attached hydrogen (secondary N) is 1. The molecule has 1 saturated heterocycles. The fraction of sp³-hybridized carbons (Fsp3) is 0.517. The Balaban J connectivity index is 1.44. The van der Waals surface area contributed by atoms with E-state index in [9.17, 15) is 9.59 Å². The monoisotopic (exact) mass is 504 g/mol. The van der Waals surface area contributed by atoms with E-state index in [0.29, 0.717) is 6.54 Å². The van der Waals surface area contributed by atoms with Crippen LogP contribution in [0.1, 0.15) is 76.3 Å². The first-order valence-electron chi connectivity index (χ1n) is 13.5. The molecule has 190 valence electrons. The lowest BCUT2D eigenvalue weighted by Gasteiger charge is -2.35. The van der Waals surface area contributed by atoms with Gasteiger partial charge in [-0.3, -0.25) is 9.59 Å². The summed E-state index contributed by atoms with van der Waals surface area (Å²) in [7, 11) is 0. The first kappa shape index (κ1) is 24.9. The zero-order chi connectivity index (χ0) is 25.1. The van der Waals surface area contributed by atoms with Crippen molar-refractivity contribution < 1.29 is 9.59 Å². The molecule has 2 amide bonds. The predicted molar refractivity (Wildman–Crippen MR) is 144 cm³/mol. The lowest BCUT2D eigenvalue weighted by Crippen LogP contribution is -2.53. The minimum atomic E-state index is -0.445. The second-order valence-corrected chi connectivity index (χ2v) is 11.3. The Bertz CT molecular complexity index is 1200. The maximum atomic E-state index is 14.1. The molecule has 7 heteroatoms. The normalized spacial score (nSPS) is 20.4. The molecule has 0 bridgehead atoms. The molecule has 3 aromatic rings. The molecule has 1 aromatic carbocycles. The summed E-state index contributed by atoms with van der Waals surface area (Å²) in [6.45, 7) is 4.67. The number of nitrogens with zero attached hydrogens (tertiary/aromatic N) is 3. The summed E-state index contributed by atoms with van der Waals surface area (Å²) in [4.78, 5) is 39.5. The average molecular weight is 505 g/mol. The van der Waals surface area contributed by atoms with Crippen molar-refractivity contribution >= 4 is 33.5 Å². The van der Waals surface area contributed by atoms with Crippen LogP contribution in [-0.4, -0.2) is 39.3 Å². The van der Waals surface area contributed by atoms with E-state index in [1.54, 1.807) is 11.3 Å². The minimum Gasteiger partial charge on any atom is -0.344 e. The quantitative estimate of drug-likeness (QED) is 0.420. The van der Waals surface area contributed by atoms with Gasteiger partial charge in [0.25, 0.3) is 0 Å². The van der Waals surface area contributed by atoms with Crippen LogP contribution < -0.4 is 5.32 Å². The van der Waals surface area contributed by atoms with E-state index in [-0.39, 0.29) is 29.7 Å². The van der Waals surface area contributed by atoms with Crippen molar-refractivity contribution in [2.75, 3.05) is 6.54 Å². The fourth-order valence-electron chi connectivity index (χ4n) is 5.64. The van der Waals surface area contributed by atoms with Crippen LogP contribution >= 0.6 is 11.3 Å². The minimum absolute atomic E-state index is 0.00568. The standard InChI is InChI=1S/C29H36N4O2S/c1-3-19(2)26(34)31-24(21-13-8-5-9-14-21)29(35)33-18-10-15-23(33)27-32-25-22(16-17-30-28(25)36-27)20-11-6-4-7-12-20/h4,6-7,11-12,16-17,19,21,23-24H,3,5,8-10,13-15,18H2,1-2H3,(H,31,34)/t19-,23+,24+/m1/s1. The third-order valence-corrected chi connectivity index (χ3v) is 9.03.